The van der Waals surface area contributed by atoms with Crippen molar-refractivity contribution in [2.75, 3.05) is 17.6 Å². The topological polar surface area (TPSA) is 50.9 Å². The molecule has 1 heterocycles. The van der Waals surface area contributed by atoms with Gasteiger partial charge in [0, 0.05) is 18.3 Å². The quantitative estimate of drug-likeness (QED) is 0.798. The number of anilines is 2. The largest absolute Gasteiger partial charge is 0.397 e. The third kappa shape index (κ3) is 2.52. The summed E-state index contributed by atoms with van der Waals surface area (Å²) in [5.74, 6) is 0. The first-order chi connectivity index (χ1) is 7.77. The van der Waals surface area contributed by atoms with Crippen molar-refractivity contribution in [1.29, 1.82) is 0 Å². The van der Waals surface area contributed by atoms with E-state index in [1.54, 1.807) is 11.3 Å². The van der Waals surface area contributed by atoms with Crippen molar-refractivity contribution in [3.05, 3.63) is 40.3 Å². The van der Waals surface area contributed by atoms with Gasteiger partial charge in [0.2, 0.25) is 0 Å². The third-order valence-electron chi connectivity index (χ3n) is 2.50. The molecule has 0 fully saturated rings. The van der Waals surface area contributed by atoms with Gasteiger partial charge in [-0.3, -0.25) is 0 Å². The average molecular weight is 233 g/mol. The lowest BCUT2D eigenvalue weighted by molar-refractivity contribution is 0.977. The van der Waals surface area contributed by atoms with Crippen molar-refractivity contribution in [2.45, 2.75) is 13.3 Å². The fourth-order valence-electron chi connectivity index (χ4n) is 1.52. The van der Waals surface area contributed by atoms with Gasteiger partial charge in [-0.2, -0.15) is 0 Å². The fraction of sp³-hybridized carbons (Fsp3) is 0.250. The highest BCUT2D eigenvalue weighted by Gasteiger charge is 2.01. The van der Waals surface area contributed by atoms with Crippen LogP contribution >= 0.6 is 11.3 Å². The minimum atomic E-state index is 0.834. The molecule has 2 aromatic rings. The Bertz CT molecular complexity index is 451. The molecule has 1 aromatic carbocycles. The maximum atomic E-state index is 5.97. The summed E-state index contributed by atoms with van der Waals surface area (Å²) in [5, 5.41) is 5.40. The van der Waals surface area contributed by atoms with Gasteiger partial charge >= 0.3 is 0 Å². The molecule has 1 aromatic heterocycles. The molecule has 84 valence electrons. The number of nitrogens with two attached hydrogens (primary N) is 1. The molecule has 0 atom stereocenters. The Morgan fingerprint density at radius 3 is 3.06 bits per heavy atom. The zero-order valence-electron chi connectivity index (χ0n) is 9.23. The van der Waals surface area contributed by atoms with Gasteiger partial charge in [-0.05, 0) is 18.6 Å². The van der Waals surface area contributed by atoms with Crippen LogP contribution in [0.25, 0.3) is 0 Å². The predicted octanol–water partition coefficient (Wildman–Crippen LogP) is 2.69. The minimum absolute atomic E-state index is 0.834. The standard InChI is InChI=1S/C12H15N3S/c1-9-3-2-4-11(12(9)13)14-6-5-10-7-16-8-15-10/h2-4,7-8,14H,5-6,13H2,1H3. The first-order valence-electron chi connectivity index (χ1n) is 5.23. The van der Waals surface area contributed by atoms with Gasteiger partial charge < -0.3 is 11.1 Å². The average Bonchev–Trinajstić information content (AvgIpc) is 2.77. The molecule has 0 aliphatic carbocycles. The Morgan fingerprint density at radius 2 is 2.31 bits per heavy atom. The summed E-state index contributed by atoms with van der Waals surface area (Å²) < 4.78 is 0. The third-order valence-corrected chi connectivity index (χ3v) is 3.14. The van der Waals surface area contributed by atoms with Crippen LogP contribution in [0.1, 0.15) is 11.3 Å². The second-order valence-corrected chi connectivity index (χ2v) is 4.41. The van der Waals surface area contributed by atoms with E-state index in [1.165, 1.54) is 0 Å². The number of nitrogens with one attached hydrogen (secondary N) is 1. The molecule has 0 aliphatic rings. The highest BCUT2D eigenvalue weighted by molar-refractivity contribution is 7.07. The fourth-order valence-corrected chi connectivity index (χ4v) is 2.11. The van der Waals surface area contributed by atoms with Crippen molar-refractivity contribution >= 4 is 22.7 Å². The Kier molecular flexibility index (Phi) is 3.41. The summed E-state index contributed by atoms with van der Waals surface area (Å²) >= 11 is 1.63. The first kappa shape index (κ1) is 11.0. The molecule has 0 bridgehead atoms. The van der Waals surface area contributed by atoms with Gasteiger partial charge in [-0.25, -0.2) is 4.98 Å². The Hall–Kier alpha value is -1.55. The van der Waals surface area contributed by atoms with Crippen LogP contribution < -0.4 is 11.1 Å². The molecule has 2 rings (SSSR count). The Labute approximate surface area is 99.3 Å². The second kappa shape index (κ2) is 4.99. The summed E-state index contributed by atoms with van der Waals surface area (Å²) in [6.45, 7) is 2.87. The van der Waals surface area contributed by atoms with Crippen LogP contribution in [0.15, 0.2) is 29.1 Å². The molecule has 0 amide bonds. The normalized spacial score (nSPS) is 10.3. The van der Waals surface area contributed by atoms with Crippen molar-refractivity contribution in [3.63, 3.8) is 0 Å². The number of aromatic nitrogens is 1. The van der Waals surface area contributed by atoms with Crippen molar-refractivity contribution in [1.82, 2.24) is 4.98 Å². The van der Waals surface area contributed by atoms with E-state index >= 15 is 0 Å². The molecule has 16 heavy (non-hydrogen) atoms. The zero-order chi connectivity index (χ0) is 11.4. The Balaban J connectivity index is 1.92. The SMILES string of the molecule is Cc1cccc(NCCc2cscn2)c1N. The van der Waals surface area contributed by atoms with Crippen molar-refractivity contribution in [2.24, 2.45) is 0 Å². The van der Waals surface area contributed by atoms with E-state index < -0.39 is 0 Å². The van der Waals surface area contributed by atoms with E-state index in [1.807, 2.05) is 30.6 Å². The zero-order valence-corrected chi connectivity index (χ0v) is 10.1. The van der Waals surface area contributed by atoms with Gasteiger partial charge in [0.05, 0.1) is 22.6 Å². The van der Waals surface area contributed by atoms with E-state index in [2.05, 4.69) is 15.7 Å². The number of thiazole rings is 1. The number of para-hydroxylation sites is 1. The van der Waals surface area contributed by atoms with Gasteiger partial charge in [-0.15, -0.1) is 11.3 Å². The highest BCUT2D eigenvalue weighted by Crippen LogP contribution is 2.21. The molecule has 0 saturated carbocycles. The molecule has 0 radical (unpaired) electrons. The van der Waals surface area contributed by atoms with E-state index in [-0.39, 0.29) is 0 Å². The first-order valence-corrected chi connectivity index (χ1v) is 6.17. The van der Waals surface area contributed by atoms with Crippen LogP contribution in [-0.4, -0.2) is 11.5 Å². The molecule has 4 heteroatoms. The smallest absolute Gasteiger partial charge is 0.0794 e. The number of aryl methyl sites for hydroxylation is 1. The molecule has 3 nitrogen and oxygen atoms in total. The molecule has 0 spiro atoms. The summed E-state index contributed by atoms with van der Waals surface area (Å²) in [5.41, 5.74) is 11.9. The van der Waals surface area contributed by atoms with E-state index in [0.29, 0.717) is 0 Å². The number of hydrogen-bond acceptors (Lipinski definition) is 4. The lowest BCUT2D eigenvalue weighted by atomic mass is 10.1. The van der Waals surface area contributed by atoms with Gasteiger partial charge in [0.25, 0.3) is 0 Å². The van der Waals surface area contributed by atoms with Crippen LogP contribution in [0.2, 0.25) is 0 Å². The summed E-state index contributed by atoms with van der Waals surface area (Å²) in [4.78, 5) is 4.23. The molecule has 3 N–H and O–H groups in total. The number of nitrogen functional groups attached to an aromatic ring is 1. The van der Waals surface area contributed by atoms with E-state index in [0.717, 1.165) is 35.6 Å². The highest BCUT2D eigenvalue weighted by atomic mass is 32.1. The minimum Gasteiger partial charge on any atom is -0.397 e. The van der Waals surface area contributed by atoms with Crippen molar-refractivity contribution in [3.8, 4) is 0 Å². The van der Waals surface area contributed by atoms with E-state index in [4.69, 9.17) is 5.73 Å². The maximum Gasteiger partial charge on any atom is 0.0794 e. The number of nitrogens with zero attached hydrogens (tertiary/aromatic N) is 1. The number of rotatable bonds is 4. The monoisotopic (exact) mass is 233 g/mol. The summed E-state index contributed by atoms with van der Waals surface area (Å²) in [7, 11) is 0. The van der Waals surface area contributed by atoms with Crippen molar-refractivity contribution < 1.29 is 0 Å². The predicted molar refractivity (Wildman–Crippen MR) is 69.9 cm³/mol. The van der Waals surface area contributed by atoms with Gasteiger partial charge in [0.1, 0.15) is 0 Å². The van der Waals surface area contributed by atoms with Gasteiger partial charge in [-0.1, -0.05) is 12.1 Å². The van der Waals surface area contributed by atoms with Crippen LogP contribution in [0.4, 0.5) is 11.4 Å². The lowest BCUT2D eigenvalue weighted by Gasteiger charge is -2.10. The summed E-state index contributed by atoms with van der Waals surface area (Å²) in [6.07, 6.45) is 0.927. The molecule has 0 aliphatic heterocycles. The molecular weight excluding hydrogens is 218 g/mol. The van der Waals surface area contributed by atoms with Gasteiger partial charge in [0.15, 0.2) is 0 Å². The second-order valence-electron chi connectivity index (χ2n) is 3.69. The number of hydrogen-bond donors (Lipinski definition) is 2. The van der Waals surface area contributed by atoms with Crippen LogP contribution in [0.5, 0.6) is 0 Å². The van der Waals surface area contributed by atoms with E-state index in [9.17, 15) is 0 Å². The lowest BCUT2D eigenvalue weighted by Crippen LogP contribution is -2.07. The molecular formula is C12H15N3S. The molecule has 0 saturated heterocycles. The Morgan fingerprint density at radius 1 is 1.44 bits per heavy atom. The summed E-state index contributed by atoms with van der Waals surface area (Å²) in [6, 6.07) is 6.03. The van der Waals surface area contributed by atoms with Crippen LogP contribution in [0.3, 0.4) is 0 Å². The number of benzene rings is 1. The van der Waals surface area contributed by atoms with Crippen LogP contribution in [0, 0.1) is 6.92 Å². The molecule has 0 unspecified atom stereocenters. The maximum absolute atomic E-state index is 5.97. The van der Waals surface area contributed by atoms with Crippen LogP contribution in [-0.2, 0) is 6.42 Å².